The van der Waals surface area contributed by atoms with Crippen LogP contribution in [0.4, 0.5) is 11.5 Å². The summed E-state index contributed by atoms with van der Waals surface area (Å²) >= 11 is 0. The molecule has 1 fully saturated rings. The Morgan fingerprint density at radius 2 is 1.61 bits per heavy atom. The molecule has 1 aromatic carbocycles. The number of benzene rings is 1. The van der Waals surface area contributed by atoms with Crippen LogP contribution in [-0.4, -0.2) is 68.0 Å². The van der Waals surface area contributed by atoms with Crippen LogP contribution >= 0.6 is 12.4 Å². The summed E-state index contributed by atoms with van der Waals surface area (Å²) in [6.45, 7) is 4.27. The van der Waals surface area contributed by atoms with E-state index in [4.69, 9.17) is 4.74 Å². The highest BCUT2D eigenvalue weighted by molar-refractivity contribution is 7.92. The highest BCUT2D eigenvalue weighted by Crippen LogP contribution is 2.17. The standard InChI is InChI=1S/C19H27N5O5S.ClH/c1-21-17(14-18(25)22(2)19(21)26)24-10-8-23(9-11-24)12-13-29-16-6-4-15(5-7-16)20-30(3,27)28;/h4-7,14,20H,8-13H2,1-3H3;1H. The fourth-order valence-electron chi connectivity index (χ4n) is 3.35. The van der Waals surface area contributed by atoms with Crippen LogP contribution in [0.15, 0.2) is 39.9 Å². The zero-order valence-corrected chi connectivity index (χ0v) is 19.4. The molecule has 1 N–H and O–H groups in total. The Balaban J connectivity index is 0.00000341. The maximum atomic E-state index is 12.1. The number of halogens is 1. The minimum Gasteiger partial charge on any atom is -0.492 e. The first-order valence-electron chi connectivity index (χ1n) is 9.59. The second kappa shape index (κ2) is 10.2. The third-order valence-corrected chi connectivity index (χ3v) is 5.64. The van der Waals surface area contributed by atoms with Crippen molar-refractivity contribution in [2.45, 2.75) is 0 Å². The van der Waals surface area contributed by atoms with E-state index in [0.717, 1.165) is 30.5 Å². The molecule has 2 aromatic rings. The predicted molar refractivity (Wildman–Crippen MR) is 123 cm³/mol. The zero-order valence-electron chi connectivity index (χ0n) is 17.8. The van der Waals surface area contributed by atoms with Crippen LogP contribution in [0.25, 0.3) is 0 Å². The van der Waals surface area contributed by atoms with Crippen LogP contribution in [0.5, 0.6) is 5.75 Å². The molecule has 0 amide bonds. The molecule has 0 radical (unpaired) electrons. The van der Waals surface area contributed by atoms with E-state index in [1.54, 1.807) is 31.3 Å². The molecule has 3 rings (SSSR count). The molecule has 12 heteroatoms. The average molecular weight is 474 g/mol. The normalized spacial score (nSPS) is 14.7. The van der Waals surface area contributed by atoms with E-state index in [2.05, 4.69) is 9.62 Å². The quantitative estimate of drug-likeness (QED) is 0.607. The Morgan fingerprint density at radius 1 is 1.00 bits per heavy atom. The van der Waals surface area contributed by atoms with Crippen LogP contribution in [0, 0.1) is 0 Å². The summed E-state index contributed by atoms with van der Waals surface area (Å²) in [7, 11) is -0.146. The van der Waals surface area contributed by atoms with Crippen LogP contribution in [-0.2, 0) is 24.1 Å². The van der Waals surface area contributed by atoms with Crippen molar-refractivity contribution in [3.63, 3.8) is 0 Å². The second-order valence-corrected chi connectivity index (χ2v) is 9.07. The molecule has 2 heterocycles. The third-order valence-electron chi connectivity index (χ3n) is 5.03. The minimum atomic E-state index is -3.29. The summed E-state index contributed by atoms with van der Waals surface area (Å²) in [6, 6.07) is 8.26. The molecule has 10 nitrogen and oxygen atoms in total. The van der Waals surface area contributed by atoms with Crippen molar-refractivity contribution in [2.75, 3.05) is 55.2 Å². The van der Waals surface area contributed by atoms with E-state index >= 15 is 0 Å². The number of rotatable bonds is 7. The molecular weight excluding hydrogens is 446 g/mol. The van der Waals surface area contributed by atoms with Crippen molar-refractivity contribution in [3.8, 4) is 5.75 Å². The van der Waals surface area contributed by atoms with E-state index in [1.807, 2.05) is 4.90 Å². The number of nitrogens with one attached hydrogen (secondary N) is 1. The maximum Gasteiger partial charge on any atom is 0.332 e. The molecule has 1 aromatic heterocycles. The fourth-order valence-corrected chi connectivity index (χ4v) is 3.92. The average Bonchev–Trinajstić information content (AvgIpc) is 2.70. The summed E-state index contributed by atoms with van der Waals surface area (Å²) < 4.78 is 33.2. The molecule has 0 atom stereocenters. The molecule has 31 heavy (non-hydrogen) atoms. The number of hydrogen-bond acceptors (Lipinski definition) is 7. The Hall–Kier alpha value is -2.50. The largest absolute Gasteiger partial charge is 0.492 e. The summed E-state index contributed by atoms with van der Waals surface area (Å²) in [6.07, 6.45) is 1.11. The van der Waals surface area contributed by atoms with Crippen molar-refractivity contribution in [3.05, 3.63) is 51.2 Å². The van der Waals surface area contributed by atoms with E-state index < -0.39 is 10.0 Å². The van der Waals surface area contributed by atoms with Gasteiger partial charge in [-0.15, -0.1) is 12.4 Å². The van der Waals surface area contributed by atoms with E-state index in [1.165, 1.54) is 17.7 Å². The van der Waals surface area contributed by atoms with E-state index in [-0.39, 0.29) is 23.7 Å². The predicted octanol–water partition coefficient (Wildman–Crippen LogP) is 0.0783. The zero-order chi connectivity index (χ0) is 21.9. The van der Waals surface area contributed by atoms with Gasteiger partial charge in [0.25, 0.3) is 5.56 Å². The van der Waals surface area contributed by atoms with Crippen molar-refractivity contribution in [1.29, 1.82) is 0 Å². The molecule has 0 spiro atoms. The van der Waals surface area contributed by atoms with Gasteiger partial charge in [-0.25, -0.2) is 13.2 Å². The van der Waals surface area contributed by atoms with Gasteiger partial charge in [0.05, 0.1) is 6.26 Å². The van der Waals surface area contributed by atoms with Gasteiger partial charge < -0.3 is 9.64 Å². The molecule has 0 saturated carbocycles. The summed E-state index contributed by atoms with van der Waals surface area (Å²) in [4.78, 5) is 28.4. The third kappa shape index (κ3) is 6.49. The number of piperazine rings is 1. The molecule has 1 aliphatic heterocycles. The summed E-state index contributed by atoms with van der Waals surface area (Å²) in [5, 5.41) is 0. The summed E-state index contributed by atoms with van der Waals surface area (Å²) in [5.41, 5.74) is -0.140. The first kappa shape index (κ1) is 24.8. The van der Waals surface area contributed by atoms with Gasteiger partial charge in [0.2, 0.25) is 10.0 Å². The van der Waals surface area contributed by atoms with Crippen LogP contribution in [0.1, 0.15) is 0 Å². The Labute approximate surface area is 187 Å². The second-order valence-electron chi connectivity index (χ2n) is 7.32. The highest BCUT2D eigenvalue weighted by Gasteiger charge is 2.20. The fraction of sp³-hybridized carbons (Fsp3) is 0.474. The first-order chi connectivity index (χ1) is 14.1. The molecule has 1 aliphatic rings. The van der Waals surface area contributed by atoms with Crippen LogP contribution < -0.4 is 25.6 Å². The lowest BCUT2D eigenvalue weighted by Crippen LogP contribution is -2.50. The summed E-state index contributed by atoms with van der Waals surface area (Å²) in [5.74, 6) is 1.31. The van der Waals surface area contributed by atoms with Gasteiger partial charge >= 0.3 is 5.69 Å². The first-order valence-corrected chi connectivity index (χ1v) is 11.5. The molecule has 0 aliphatic carbocycles. The number of nitrogens with zero attached hydrogens (tertiary/aromatic N) is 4. The lowest BCUT2D eigenvalue weighted by atomic mass is 10.3. The van der Waals surface area contributed by atoms with E-state index in [9.17, 15) is 18.0 Å². The molecule has 1 saturated heterocycles. The number of ether oxygens (including phenoxy) is 1. The smallest absolute Gasteiger partial charge is 0.332 e. The van der Waals surface area contributed by atoms with Gasteiger partial charge in [0.15, 0.2) is 0 Å². The topological polar surface area (TPSA) is 106 Å². The molecule has 172 valence electrons. The van der Waals surface area contributed by atoms with Gasteiger partial charge in [-0.1, -0.05) is 0 Å². The number of anilines is 2. The maximum absolute atomic E-state index is 12.1. The lowest BCUT2D eigenvalue weighted by Gasteiger charge is -2.36. The van der Waals surface area contributed by atoms with Gasteiger partial charge in [-0.3, -0.25) is 23.6 Å². The monoisotopic (exact) mass is 473 g/mol. The number of sulfonamides is 1. The molecule has 0 bridgehead atoms. The van der Waals surface area contributed by atoms with Gasteiger partial charge in [0, 0.05) is 58.6 Å². The Morgan fingerprint density at radius 3 is 2.19 bits per heavy atom. The van der Waals surface area contributed by atoms with Crippen molar-refractivity contribution in [2.24, 2.45) is 14.1 Å². The number of hydrogen-bond donors (Lipinski definition) is 1. The van der Waals surface area contributed by atoms with E-state index in [0.29, 0.717) is 37.0 Å². The lowest BCUT2D eigenvalue weighted by molar-refractivity contribution is 0.200. The number of aromatic nitrogens is 2. The van der Waals surface area contributed by atoms with Gasteiger partial charge in [-0.2, -0.15) is 0 Å². The highest BCUT2D eigenvalue weighted by atomic mass is 35.5. The van der Waals surface area contributed by atoms with Crippen molar-refractivity contribution < 1.29 is 13.2 Å². The molecule has 0 unspecified atom stereocenters. The van der Waals surface area contributed by atoms with Crippen molar-refractivity contribution >= 4 is 33.9 Å². The van der Waals surface area contributed by atoms with Crippen molar-refractivity contribution in [1.82, 2.24) is 14.0 Å². The molecular formula is C19H28ClN5O5S. The van der Waals surface area contributed by atoms with Crippen LogP contribution in [0.3, 0.4) is 0 Å². The SMILES string of the molecule is Cl.Cn1c(N2CCN(CCOc3ccc(NS(C)(=O)=O)cc3)CC2)cc(=O)n(C)c1=O. The minimum absolute atomic E-state index is 0. The van der Waals surface area contributed by atoms with Gasteiger partial charge in [0.1, 0.15) is 18.2 Å². The van der Waals surface area contributed by atoms with Crippen LogP contribution in [0.2, 0.25) is 0 Å². The Bertz CT molecular complexity index is 1110. The van der Waals surface area contributed by atoms with Gasteiger partial charge in [-0.05, 0) is 24.3 Å². The Kier molecular flexibility index (Phi) is 8.15.